The highest BCUT2D eigenvalue weighted by Crippen LogP contribution is 2.26. The van der Waals surface area contributed by atoms with Crippen LogP contribution in [0.4, 0.5) is 5.69 Å². The summed E-state index contributed by atoms with van der Waals surface area (Å²) in [5.74, 6) is 1.04. The van der Waals surface area contributed by atoms with E-state index in [2.05, 4.69) is 29.8 Å². The molecule has 1 heterocycles. The summed E-state index contributed by atoms with van der Waals surface area (Å²) in [5.41, 5.74) is 8.27. The summed E-state index contributed by atoms with van der Waals surface area (Å²) < 4.78 is 5.31. The van der Waals surface area contributed by atoms with E-state index in [-0.39, 0.29) is 0 Å². The van der Waals surface area contributed by atoms with Crippen molar-refractivity contribution in [1.29, 1.82) is 0 Å². The Balaban J connectivity index is 2.20. The van der Waals surface area contributed by atoms with Crippen LogP contribution in [0.5, 0.6) is 0 Å². The van der Waals surface area contributed by atoms with Gasteiger partial charge in [-0.2, -0.15) is 0 Å². The Bertz CT molecular complexity index is 423. The fourth-order valence-electron chi connectivity index (χ4n) is 2.06. The lowest BCUT2D eigenvalue weighted by Gasteiger charge is -2.27. The van der Waals surface area contributed by atoms with Gasteiger partial charge in [0, 0.05) is 13.1 Å². The number of para-hydroxylation sites is 1. The molecule has 1 fully saturated rings. The smallest absolute Gasteiger partial charge is 0.196 e. The van der Waals surface area contributed by atoms with E-state index in [0.717, 1.165) is 32.0 Å². The second-order valence-electron chi connectivity index (χ2n) is 4.78. The van der Waals surface area contributed by atoms with E-state index >= 15 is 0 Å². The first-order valence-corrected chi connectivity index (χ1v) is 6.44. The van der Waals surface area contributed by atoms with Crippen LogP contribution in [-0.4, -0.2) is 37.2 Å². The number of benzene rings is 1. The molecule has 0 saturated carbocycles. The minimum atomic E-state index is 0.447. The Hall–Kier alpha value is -1.55. The molecule has 0 amide bonds. The minimum Gasteiger partial charge on any atom is -0.378 e. The minimum absolute atomic E-state index is 0.447. The van der Waals surface area contributed by atoms with Crippen LogP contribution in [0, 0.1) is 0 Å². The van der Waals surface area contributed by atoms with Crippen molar-refractivity contribution in [3.63, 3.8) is 0 Å². The summed E-state index contributed by atoms with van der Waals surface area (Å²) >= 11 is 0. The third kappa shape index (κ3) is 3.01. The van der Waals surface area contributed by atoms with Gasteiger partial charge in [-0.15, -0.1) is 0 Å². The lowest BCUT2D eigenvalue weighted by Crippen LogP contribution is -2.44. The lowest BCUT2D eigenvalue weighted by molar-refractivity contribution is 0.0675. The summed E-state index contributed by atoms with van der Waals surface area (Å²) in [6.07, 6.45) is 0. The second kappa shape index (κ2) is 5.87. The number of rotatable bonds is 2. The largest absolute Gasteiger partial charge is 0.378 e. The Morgan fingerprint density at radius 3 is 2.61 bits per heavy atom. The Morgan fingerprint density at radius 1 is 1.28 bits per heavy atom. The fraction of sp³-hybridized carbons (Fsp3) is 0.500. The molecule has 0 aliphatic carbocycles. The van der Waals surface area contributed by atoms with E-state index in [4.69, 9.17) is 10.5 Å². The van der Waals surface area contributed by atoms with Gasteiger partial charge in [0.25, 0.3) is 0 Å². The van der Waals surface area contributed by atoms with Crippen LogP contribution >= 0.6 is 0 Å². The van der Waals surface area contributed by atoms with E-state index < -0.39 is 0 Å². The molecule has 2 rings (SSSR count). The van der Waals surface area contributed by atoms with E-state index in [1.807, 2.05) is 18.2 Å². The maximum atomic E-state index is 6.07. The summed E-state index contributed by atoms with van der Waals surface area (Å²) in [7, 11) is 0. The molecule has 1 aliphatic heterocycles. The zero-order valence-corrected chi connectivity index (χ0v) is 11.1. The predicted molar refractivity (Wildman–Crippen MR) is 74.2 cm³/mol. The predicted octanol–water partition coefficient (Wildman–Crippen LogP) is 2.09. The number of nitrogens with two attached hydrogens (primary N) is 1. The molecule has 0 atom stereocenters. The Kier molecular flexibility index (Phi) is 4.20. The first kappa shape index (κ1) is 12.9. The molecule has 0 spiro atoms. The molecule has 0 aromatic heterocycles. The molecular weight excluding hydrogens is 226 g/mol. The molecule has 4 nitrogen and oxygen atoms in total. The van der Waals surface area contributed by atoms with Crippen LogP contribution in [0.15, 0.2) is 29.3 Å². The molecule has 1 aromatic rings. The van der Waals surface area contributed by atoms with E-state index in [1.54, 1.807) is 0 Å². The fourth-order valence-corrected chi connectivity index (χ4v) is 2.06. The number of guanidine groups is 1. The van der Waals surface area contributed by atoms with Gasteiger partial charge in [0.2, 0.25) is 0 Å². The number of hydrogen-bond donors (Lipinski definition) is 1. The molecule has 0 radical (unpaired) electrons. The standard InChI is InChI=1S/C14H21N3O/c1-11(2)12-5-3-4-6-13(12)16-14(15)17-7-9-18-10-8-17/h3-6,11H,7-10H2,1-2H3,(H2,15,16). The van der Waals surface area contributed by atoms with Crippen molar-refractivity contribution in [1.82, 2.24) is 4.90 Å². The third-order valence-electron chi connectivity index (χ3n) is 3.13. The second-order valence-corrected chi connectivity index (χ2v) is 4.78. The van der Waals surface area contributed by atoms with Gasteiger partial charge in [-0.1, -0.05) is 32.0 Å². The van der Waals surface area contributed by atoms with Gasteiger partial charge in [0.05, 0.1) is 18.9 Å². The molecule has 18 heavy (non-hydrogen) atoms. The highest BCUT2D eigenvalue weighted by molar-refractivity contribution is 5.81. The number of hydrogen-bond acceptors (Lipinski definition) is 2. The maximum Gasteiger partial charge on any atom is 0.196 e. The Labute approximate surface area is 108 Å². The molecule has 1 aliphatic rings. The molecular formula is C14H21N3O. The summed E-state index contributed by atoms with van der Waals surface area (Å²) in [6, 6.07) is 8.16. The van der Waals surface area contributed by atoms with E-state index in [9.17, 15) is 0 Å². The highest BCUT2D eigenvalue weighted by Gasteiger charge is 2.13. The van der Waals surface area contributed by atoms with Crippen LogP contribution in [0.2, 0.25) is 0 Å². The van der Waals surface area contributed by atoms with Crippen LogP contribution in [0.3, 0.4) is 0 Å². The van der Waals surface area contributed by atoms with Gasteiger partial charge >= 0.3 is 0 Å². The van der Waals surface area contributed by atoms with Crippen molar-refractivity contribution >= 4 is 11.6 Å². The van der Waals surface area contributed by atoms with Gasteiger partial charge in [0.1, 0.15) is 0 Å². The van der Waals surface area contributed by atoms with Crippen LogP contribution in [0.25, 0.3) is 0 Å². The van der Waals surface area contributed by atoms with Crippen LogP contribution in [0.1, 0.15) is 25.3 Å². The quantitative estimate of drug-likeness (QED) is 0.643. The van der Waals surface area contributed by atoms with Crippen molar-refractivity contribution in [3.8, 4) is 0 Å². The summed E-state index contributed by atoms with van der Waals surface area (Å²) in [4.78, 5) is 6.64. The van der Waals surface area contributed by atoms with Crippen LogP contribution in [-0.2, 0) is 4.74 Å². The first-order valence-electron chi connectivity index (χ1n) is 6.44. The third-order valence-corrected chi connectivity index (χ3v) is 3.13. The van der Waals surface area contributed by atoms with Gasteiger partial charge in [-0.05, 0) is 17.5 Å². The van der Waals surface area contributed by atoms with Crippen molar-refractivity contribution in [2.24, 2.45) is 10.7 Å². The molecule has 2 N–H and O–H groups in total. The number of ether oxygens (including phenoxy) is 1. The first-order chi connectivity index (χ1) is 8.68. The SMILES string of the molecule is CC(C)c1ccccc1N=C(N)N1CCOCC1. The summed E-state index contributed by atoms with van der Waals surface area (Å²) in [6.45, 7) is 7.42. The zero-order valence-electron chi connectivity index (χ0n) is 11.1. The zero-order chi connectivity index (χ0) is 13.0. The van der Waals surface area contributed by atoms with Crippen molar-refractivity contribution in [2.45, 2.75) is 19.8 Å². The molecule has 1 aromatic carbocycles. The van der Waals surface area contributed by atoms with Crippen molar-refractivity contribution < 1.29 is 4.74 Å². The van der Waals surface area contributed by atoms with Crippen molar-refractivity contribution in [3.05, 3.63) is 29.8 Å². The van der Waals surface area contributed by atoms with Gasteiger partial charge in [0.15, 0.2) is 5.96 Å². The molecule has 98 valence electrons. The molecule has 4 heteroatoms. The Morgan fingerprint density at radius 2 is 1.94 bits per heavy atom. The molecule has 0 unspecified atom stereocenters. The average Bonchev–Trinajstić information content (AvgIpc) is 2.40. The number of aliphatic imine (C=N–C) groups is 1. The average molecular weight is 247 g/mol. The maximum absolute atomic E-state index is 6.07. The van der Waals surface area contributed by atoms with Gasteiger partial charge < -0.3 is 15.4 Å². The summed E-state index contributed by atoms with van der Waals surface area (Å²) in [5, 5.41) is 0. The molecule has 0 bridgehead atoms. The number of morpholine rings is 1. The van der Waals surface area contributed by atoms with E-state index in [0.29, 0.717) is 11.9 Å². The van der Waals surface area contributed by atoms with Gasteiger partial charge in [-0.3, -0.25) is 0 Å². The molecule has 1 saturated heterocycles. The normalized spacial score (nSPS) is 17.3. The highest BCUT2D eigenvalue weighted by atomic mass is 16.5. The van der Waals surface area contributed by atoms with Crippen molar-refractivity contribution in [2.75, 3.05) is 26.3 Å². The topological polar surface area (TPSA) is 50.8 Å². The monoisotopic (exact) mass is 247 g/mol. The number of nitrogens with zero attached hydrogens (tertiary/aromatic N) is 2. The lowest BCUT2D eigenvalue weighted by atomic mass is 10.0. The van der Waals surface area contributed by atoms with E-state index in [1.165, 1.54) is 5.56 Å². The van der Waals surface area contributed by atoms with Crippen LogP contribution < -0.4 is 5.73 Å². The van der Waals surface area contributed by atoms with Gasteiger partial charge in [-0.25, -0.2) is 4.99 Å².